The Balaban J connectivity index is 1.60. The first-order valence-electron chi connectivity index (χ1n) is 6.75. The highest BCUT2D eigenvalue weighted by Gasteiger charge is 2.21. The largest absolute Gasteiger partial charge is 0.445 e. The molecule has 21 heavy (non-hydrogen) atoms. The third kappa shape index (κ3) is 3.91. The van der Waals surface area contributed by atoms with E-state index < -0.39 is 10.0 Å². The lowest BCUT2D eigenvalue weighted by atomic mass is 10.3. The van der Waals surface area contributed by atoms with Crippen LogP contribution >= 0.6 is 11.3 Å². The number of nitrogens with one attached hydrogen (secondary N) is 2. The zero-order chi connectivity index (χ0) is 14.9. The lowest BCUT2D eigenvalue weighted by molar-refractivity contribution is 0.463. The van der Waals surface area contributed by atoms with Crippen LogP contribution in [0.1, 0.15) is 30.1 Å². The van der Waals surface area contributed by atoms with Gasteiger partial charge >= 0.3 is 0 Å². The first-order chi connectivity index (χ1) is 10.0. The molecular weight excluding hydrogens is 310 g/mol. The molecule has 2 N–H and O–H groups in total. The van der Waals surface area contributed by atoms with E-state index in [2.05, 4.69) is 15.0 Å². The number of aromatic nitrogens is 1. The second-order valence-corrected chi connectivity index (χ2v) is 8.02. The lowest BCUT2D eigenvalue weighted by Gasteiger charge is -2.02. The number of aryl methyl sites for hydroxylation is 1. The number of sulfonamides is 1. The summed E-state index contributed by atoms with van der Waals surface area (Å²) < 4.78 is 32.4. The van der Waals surface area contributed by atoms with Gasteiger partial charge in [0.1, 0.15) is 9.97 Å². The van der Waals surface area contributed by atoms with Crippen molar-refractivity contribution in [3.05, 3.63) is 34.9 Å². The van der Waals surface area contributed by atoms with E-state index in [9.17, 15) is 8.42 Å². The van der Waals surface area contributed by atoms with Crippen LogP contribution in [0.25, 0.3) is 0 Å². The van der Waals surface area contributed by atoms with Crippen molar-refractivity contribution >= 4 is 21.4 Å². The standard InChI is InChI=1S/C13H17N3O3S2/c1-9-5-15-12(19-9)7-16-21(17,18)13-4-10(8-20-13)6-14-11-2-3-11/h4-5,8,11,14,16H,2-3,6-7H2,1H3. The second kappa shape index (κ2) is 5.88. The topological polar surface area (TPSA) is 84.2 Å². The zero-order valence-electron chi connectivity index (χ0n) is 11.6. The number of oxazole rings is 1. The Morgan fingerprint density at radius 3 is 2.90 bits per heavy atom. The van der Waals surface area contributed by atoms with Crippen molar-refractivity contribution in [1.82, 2.24) is 15.0 Å². The Labute approximate surface area is 127 Å². The van der Waals surface area contributed by atoms with Crippen molar-refractivity contribution in [2.45, 2.75) is 43.1 Å². The molecule has 0 atom stereocenters. The van der Waals surface area contributed by atoms with Gasteiger partial charge in [-0.3, -0.25) is 0 Å². The van der Waals surface area contributed by atoms with E-state index in [0.717, 1.165) is 12.1 Å². The molecule has 0 amide bonds. The highest BCUT2D eigenvalue weighted by atomic mass is 32.2. The van der Waals surface area contributed by atoms with E-state index in [1.54, 1.807) is 19.2 Å². The number of nitrogens with zero attached hydrogens (tertiary/aromatic N) is 1. The molecule has 2 aromatic heterocycles. The molecule has 1 fully saturated rings. The van der Waals surface area contributed by atoms with Crippen LogP contribution in [0.4, 0.5) is 0 Å². The Morgan fingerprint density at radius 1 is 1.43 bits per heavy atom. The molecule has 0 spiro atoms. The highest BCUT2D eigenvalue weighted by Crippen LogP contribution is 2.23. The van der Waals surface area contributed by atoms with Gasteiger partial charge in [0.05, 0.1) is 12.7 Å². The molecule has 1 aliphatic rings. The molecule has 3 rings (SSSR count). The number of rotatable bonds is 7. The average Bonchev–Trinajstić information content (AvgIpc) is 2.97. The summed E-state index contributed by atoms with van der Waals surface area (Å²) >= 11 is 1.23. The maximum Gasteiger partial charge on any atom is 0.250 e. The van der Waals surface area contributed by atoms with Crippen molar-refractivity contribution in [3.8, 4) is 0 Å². The molecule has 0 bridgehead atoms. The quantitative estimate of drug-likeness (QED) is 0.810. The van der Waals surface area contributed by atoms with Gasteiger partial charge in [0, 0.05) is 12.6 Å². The summed E-state index contributed by atoms with van der Waals surface area (Å²) in [6.45, 7) is 2.54. The minimum atomic E-state index is -3.51. The van der Waals surface area contributed by atoms with Gasteiger partial charge < -0.3 is 9.73 Å². The smallest absolute Gasteiger partial charge is 0.250 e. The Kier molecular flexibility index (Phi) is 4.12. The van der Waals surface area contributed by atoms with Crippen LogP contribution in [0.5, 0.6) is 0 Å². The van der Waals surface area contributed by atoms with E-state index in [0.29, 0.717) is 21.9 Å². The summed E-state index contributed by atoms with van der Waals surface area (Å²) in [7, 11) is -3.51. The van der Waals surface area contributed by atoms with Crippen molar-refractivity contribution < 1.29 is 12.8 Å². The van der Waals surface area contributed by atoms with E-state index in [1.165, 1.54) is 24.2 Å². The van der Waals surface area contributed by atoms with E-state index in [1.807, 2.05) is 5.38 Å². The van der Waals surface area contributed by atoms with Gasteiger partial charge in [-0.05, 0) is 36.8 Å². The minimum absolute atomic E-state index is 0.0593. The summed E-state index contributed by atoms with van der Waals surface area (Å²) in [6, 6.07) is 2.32. The fourth-order valence-corrected chi connectivity index (χ4v) is 4.08. The number of thiophene rings is 1. The van der Waals surface area contributed by atoms with Crippen LogP contribution in [-0.2, 0) is 23.1 Å². The monoisotopic (exact) mass is 327 g/mol. The van der Waals surface area contributed by atoms with Crippen LogP contribution in [0.3, 0.4) is 0 Å². The Bertz CT molecular complexity index is 717. The molecule has 6 nitrogen and oxygen atoms in total. The van der Waals surface area contributed by atoms with Gasteiger partial charge in [-0.1, -0.05) is 0 Å². The summed E-state index contributed by atoms with van der Waals surface area (Å²) in [5, 5.41) is 5.24. The maximum absolute atomic E-state index is 12.2. The summed E-state index contributed by atoms with van der Waals surface area (Å²) in [5.74, 6) is 1.03. The zero-order valence-corrected chi connectivity index (χ0v) is 13.3. The van der Waals surface area contributed by atoms with Gasteiger partial charge in [0.15, 0.2) is 0 Å². The normalized spacial score (nSPS) is 15.5. The number of hydrogen-bond acceptors (Lipinski definition) is 6. The van der Waals surface area contributed by atoms with E-state index in [4.69, 9.17) is 4.42 Å². The predicted octanol–water partition coefficient (Wildman–Crippen LogP) is 1.78. The fourth-order valence-electron chi connectivity index (χ4n) is 1.85. The number of hydrogen-bond donors (Lipinski definition) is 2. The lowest BCUT2D eigenvalue weighted by Crippen LogP contribution is -2.22. The fraction of sp³-hybridized carbons (Fsp3) is 0.462. The highest BCUT2D eigenvalue weighted by molar-refractivity contribution is 7.91. The van der Waals surface area contributed by atoms with E-state index >= 15 is 0 Å². The molecule has 2 heterocycles. The van der Waals surface area contributed by atoms with Crippen molar-refractivity contribution in [1.29, 1.82) is 0 Å². The SMILES string of the molecule is Cc1cnc(CNS(=O)(=O)c2cc(CNC3CC3)cs2)o1. The van der Waals surface area contributed by atoms with Crippen molar-refractivity contribution in [2.75, 3.05) is 0 Å². The van der Waals surface area contributed by atoms with Gasteiger partial charge in [-0.25, -0.2) is 18.1 Å². The molecule has 0 aromatic carbocycles. The summed E-state index contributed by atoms with van der Waals surface area (Å²) in [6.07, 6.45) is 4.00. The van der Waals surface area contributed by atoms with Crippen LogP contribution in [0.2, 0.25) is 0 Å². The summed E-state index contributed by atoms with van der Waals surface area (Å²) in [4.78, 5) is 3.97. The molecule has 0 saturated heterocycles. The Morgan fingerprint density at radius 2 is 2.24 bits per heavy atom. The molecule has 0 aliphatic heterocycles. The maximum atomic E-state index is 12.2. The molecule has 0 unspecified atom stereocenters. The van der Waals surface area contributed by atoms with Gasteiger partial charge in [-0.2, -0.15) is 0 Å². The summed E-state index contributed by atoms with van der Waals surface area (Å²) in [5.41, 5.74) is 0.999. The minimum Gasteiger partial charge on any atom is -0.445 e. The Hall–Kier alpha value is -1.22. The van der Waals surface area contributed by atoms with Gasteiger partial charge in [0.2, 0.25) is 5.89 Å². The van der Waals surface area contributed by atoms with Crippen molar-refractivity contribution in [3.63, 3.8) is 0 Å². The molecule has 2 aromatic rings. The van der Waals surface area contributed by atoms with Gasteiger partial charge in [0.25, 0.3) is 10.0 Å². The van der Waals surface area contributed by atoms with Crippen LogP contribution in [-0.4, -0.2) is 19.4 Å². The molecular formula is C13H17N3O3S2. The molecule has 1 saturated carbocycles. The molecule has 8 heteroatoms. The third-order valence-electron chi connectivity index (χ3n) is 3.15. The van der Waals surface area contributed by atoms with Crippen LogP contribution in [0, 0.1) is 6.92 Å². The first kappa shape index (κ1) is 14.7. The molecule has 114 valence electrons. The first-order valence-corrected chi connectivity index (χ1v) is 9.11. The van der Waals surface area contributed by atoms with Crippen LogP contribution < -0.4 is 10.0 Å². The molecule has 0 radical (unpaired) electrons. The van der Waals surface area contributed by atoms with Crippen LogP contribution in [0.15, 0.2) is 26.3 Å². The molecule has 1 aliphatic carbocycles. The third-order valence-corrected chi connectivity index (χ3v) is 6.04. The second-order valence-electron chi connectivity index (χ2n) is 5.12. The van der Waals surface area contributed by atoms with E-state index in [-0.39, 0.29) is 6.54 Å². The van der Waals surface area contributed by atoms with Crippen molar-refractivity contribution in [2.24, 2.45) is 0 Å². The van der Waals surface area contributed by atoms with Gasteiger partial charge in [-0.15, -0.1) is 11.3 Å². The predicted molar refractivity (Wildman–Crippen MR) is 79.4 cm³/mol. The average molecular weight is 327 g/mol.